The number of aliphatic imine (C=N–C) groups is 1. The molecule has 12 heavy (non-hydrogen) atoms. The predicted molar refractivity (Wildman–Crippen MR) is 52.9 cm³/mol. The first kappa shape index (κ1) is 8.65. The number of pyridine rings is 1. The van der Waals surface area contributed by atoms with Gasteiger partial charge in [-0.2, -0.15) is 0 Å². The average molecular weight is 160 g/mol. The van der Waals surface area contributed by atoms with Gasteiger partial charge in [0.2, 0.25) is 0 Å². The molecular formula is C10H12N2. The highest BCUT2D eigenvalue weighted by Gasteiger charge is 1.97. The van der Waals surface area contributed by atoms with Crippen molar-refractivity contribution in [2.45, 2.75) is 13.8 Å². The van der Waals surface area contributed by atoms with Gasteiger partial charge >= 0.3 is 0 Å². The standard InChI is InChI=1S/C10H12N2/c1-4-9-6-8(3)7-12-10(9)11-5-2/h4-7H,1H2,2-3H3/b11-5-. The summed E-state index contributed by atoms with van der Waals surface area (Å²) in [5.41, 5.74) is 2.10. The SMILES string of the molecule is C=Cc1cc(C)cnc1/N=C\C. The topological polar surface area (TPSA) is 25.2 Å². The molecule has 0 unspecified atom stereocenters. The van der Waals surface area contributed by atoms with E-state index in [9.17, 15) is 0 Å². The highest BCUT2D eigenvalue weighted by atomic mass is 14.9. The highest BCUT2D eigenvalue weighted by molar-refractivity contribution is 5.66. The van der Waals surface area contributed by atoms with Crippen LogP contribution in [0, 0.1) is 6.92 Å². The molecule has 2 nitrogen and oxygen atoms in total. The second-order valence-corrected chi connectivity index (χ2v) is 2.52. The summed E-state index contributed by atoms with van der Waals surface area (Å²) in [5, 5.41) is 0. The monoisotopic (exact) mass is 160 g/mol. The van der Waals surface area contributed by atoms with Gasteiger partial charge in [0.05, 0.1) is 0 Å². The van der Waals surface area contributed by atoms with Gasteiger partial charge in [0.25, 0.3) is 0 Å². The Balaban J connectivity index is 3.19. The molecule has 1 aromatic rings. The molecule has 0 N–H and O–H groups in total. The number of hydrogen-bond donors (Lipinski definition) is 0. The lowest BCUT2D eigenvalue weighted by Crippen LogP contribution is -1.82. The molecule has 0 atom stereocenters. The van der Waals surface area contributed by atoms with Gasteiger partial charge in [-0.3, -0.25) is 0 Å². The van der Waals surface area contributed by atoms with Gasteiger partial charge in [-0.15, -0.1) is 0 Å². The first-order valence-corrected chi connectivity index (χ1v) is 3.85. The fraction of sp³-hybridized carbons (Fsp3) is 0.200. The molecule has 0 aliphatic carbocycles. The van der Waals surface area contributed by atoms with E-state index in [4.69, 9.17) is 0 Å². The van der Waals surface area contributed by atoms with Crippen LogP contribution in [0.4, 0.5) is 5.82 Å². The van der Waals surface area contributed by atoms with Crippen molar-refractivity contribution in [3.05, 3.63) is 30.0 Å². The van der Waals surface area contributed by atoms with Crippen molar-refractivity contribution in [3.63, 3.8) is 0 Å². The van der Waals surface area contributed by atoms with E-state index >= 15 is 0 Å². The molecule has 0 amide bonds. The van der Waals surface area contributed by atoms with Crippen LogP contribution in [0.25, 0.3) is 6.08 Å². The van der Waals surface area contributed by atoms with Crippen molar-refractivity contribution in [2.24, 2.45) is 4.99 Å². The summed E-state index contributed by atoms with van der Waals surface area (Å²) in [6, 6.07) is 2.02. The third kappa shape index (κ3) is 1.78. The summed E-state index contributed by atoms with van der Waals surface area (Å²) >= 11 is 0. The summed E-state index contributed by atoms with van der Waals surface area (Å²) in [6.45, 7) is 7.57. The third-order valence-electron chi connectivity index (χ3n) is 1.50. The smallest absolute Gasteiger partial charge is 0.158 e. The Labute approximate surface area is 72.7 Å². The van der Waals surface area contributed by atoms with E-state index in [1.54, 1.807) is 18.5 Å². The van der Waals surface area contributed by atoms with Crippen LogP contribution in [-0.4, -0.2) is 11.2 Å². The van der Waals surface area contributed by atoms with E-state index in [2.05, 4.69) is 16.6 Å². The van der Waals surface area contributed by atoms with Gasteiger partial charge in [-0.25, -0.2) is 9.98 Å². The summed E-state index contributed by atoms with van der Waals surface area (Å²) in [5.74, 6) is 0.734. The van der Waals surface area contributed by atoms with E-state index in [0.29, 0.717) is 0 Å². The van der Waals surface area contributed by atoms with Gasteiger partial charge in [0.15, 0.2) is 5.82 Å². The van der Waals surface area contributed by atoms with Gasteiger partial charge in [0, 0.05) is 18.0 Å². The molecule has 0 bridgehead atoms. The van der Waals surface area contributed by atoms with Crippen LogP contribution in [0.2, 0.25) is 0 Å². The van der Waals surface area contributed by atoms with Crippen molar-refractivity contribution < 1.29 is 0 Å². The number of nitrogens with zero attached hydrogens (tertiary/aromatic N) is 2. The summed E-state index contributed by atoms with van der Waals surface area (Å²) < 4.78 is 0. The molecule has 1 heterocycles. The molecule has 1 rings (SSSR count). The van der Waals surface area contributed by atoms with Crippen molar-refractivity contribution in [1.82, 2.24) is 4.98 Å². The number of aromatic nitrogens is 1. The van der Waals surface area contributed by atoms with E-state index in [-0.39, 0.29) is 0 Å². The number of aryl methyl sites for hydroxylation is 1. The van der Waals surface area contributed by atoms with Crippen LogP contribution in [0.15, 0.2) is 23.8 Å². The Bertz CT molecular complexity index is 314. The van der Waals surface area contributed by atoms with Gasteiger partial charge in [-0.05, 0) is 25.5 Å². The maximum atomic E-state index is 4.17. The zero-order chi connectivity index (χ0) is 8.97. The van der Waals surface area contributed by atoms with Gasteiger partial charge < -0.3 is 0 Å². The zero-order valence-corrected chi connectivity index (χ0v) is 7.41. The van der Waals surface area contributed by atoms with Gasteiger partial charge in [0.1, 0.15) is 0 Å². The van der Waals surface area contributed by atoms with Gasteiger partial charge in [-0.1, -0.05) is 12.7 Å². The molecule has 0 aliphatic rings. The van der Waals surface area contributed by atoms with Crippen molar-refractivity contribution in [1.29, 1.82) is 0 Å². The van der Waals surface area contributed by atoms with E-state index < -0.39 is 0 Å². The predicted octanol–water partition coefficient (Wildman–Crippen LogP) is 2.76. The molecule has 62 valence electrons. The highest BCUT2D eigenvalue weighted by Crippen LogP contribution is 2.17. The molecule has 0 fully saturated rings. The molecule has 0 saturated heterocycles. The van der Waals surface area contributed by atoms with Crippen LogP contribution in [-0.2, 0) is 0 Å². The fourth-order valence-electron chi connectivity index (χ4n) is 0.965. The van der Waals surface area contributed by atoms with E-state index in [1.807, 2.05) is 19.9 Å². The lowest BCUT2D eigenvalue weighted by molar-refractivity contribution is 1.23. The van der Waals surface area contributed by atoms with Crippen LogP contribution in [0.5, 0.6) is 0 Å². The molecule has 0 spiro atoms. The van der Waals surface area contributed by atoms with Crippen molar-refractivity contribution in [2.75, 3.05) is 0 Å². The number of rotatable bonds is 2. The molecular weight excluding hydrogens is 148 g/mol. The lowest BCUT2D eigenvalue weighted by Gasteiger charge is -1.99. The molecule has 1 aromatic heterocycles. The molecule has 0 radical (unpaired) electrons. The maximum absolute atomic E-state index is 4.17. The van der Waals surface area contributed by atoms with Crippen LogP contribution < -0.4 is 0 Å². The minimum absolute atomic E-state index is 0.734. The third-order valence-corrected chi connectivity index (χ3v) is 1.50. The molecule has 2 heteroatoms. The Morgan fingerprint density at radius 1 is 1.58 bits per heavy atom. The lowest BCUT2D eigenvalue weighted by atomic mass is 10.2. The van der Waals surface area contributed by atoms with E-state index in [0.717, 1.165) is 16.9 Å². The molecule has 0 aliphatic heterocycles. The van der Waals surface area contributed by atoms with Crippen molar-refractivity contribution >= 4 is 18.1 Å². The van der Waals surface area contributed by atoms with Crippen LogP contribution in [0.1, 0.15) is 18.1 Å². The minimum Gasteiger partial charge on any atom is -0.241 e. The Morgan fingerprint density at radius 3 is 2.92 bits per heavy atom. The van der Waals surface area contributed by atoms with Crippen LogP contribution in [0.3, 0.4) is 0 Å². The first-order chi connectivity index (χ1) is 5.77. The molecule has 0 aromatic carbocycles. The minimum atomic E-state index is 0.734. The first-order valence-electron chi connectivity index (χ1n) is 3.85. The Kier molecular flexibility index (Phi) is 2.75. The normalized spacial score (nSPS) is 10.5. The Hall–Kier alpha value is -1.44. The molecule has 0 saturated carbocycles. The summed E-state index contributed by atoms with van der Waals surface area (Å²) in [7, 11) is 0. The second-order valence-electron chi connectivity index (χ2n) is 2.52. The Morgan fingerprint density at radius 2 is 2.33 bits per heavy atom. The average Bonchev–Trinajstić information content (AvgIpc) is 2.08. The van der Waals surface area contributed by atoms with Crippen molar-refractivity contribution in [3.8, 4) is 0 Å². The van der Waals surface area contributed by atoms with E-state index in [1.165, 1.54) is 0 Å². The fourth-order valence-corrected chi connectivity index (χ4v) is 0.965. The van der Waals surface area contributed by atoms with Crippen LogP contribution >= 0.6 is 0 Å². The zero-order valence-electron chi connectivity index (χ0n) is 7.41. The largest absolute Gasteiger partial charge is 0.241 e. The quantitative estimate of drug-likeness (QED) is 0.611. The second kappa shape index (κ2) is 3.81. The summed E-state index contributed by atoms with van der Waals surface area (Å²) in [4.78, 5) is 8.28. The number of hydrogen-bond acceptors (Lipinski definition) is 2. The maximum Gasteiger partial charge on any atom is 0.158 e. The summed E-state index contributed by atoms with van der Waals surface area (Å²) in [6.07, 6.45) is 5.29.